The predicted molar refractivity (Wildman–Crippen MR) is 466 cm³/mol. The number of rotatable bonds is 18. The molecule has 0 saturated carbocycles. The molecule has 4 unspecified atom stereocenters. The van der Waals surface area contributed by atoms with Crippen LogP contribution >= 0.6 is 0 Å². The van der Waals surface area contributed by atoms with Gasteiger partial charge in [-0.05, 0) is 178 Å². The zero-order valence-electron chi connectivity index (χ0n) is 66.5. The van der Waals surface area contributed by atoms with Crippen LogP contribution in [-0.4, -0.2) is 98.0 Å². The molecule has 0 saturated heterocycles. The summed E-state index contributed by atoms with van der Waals surface area (Å²) in [6, 6.07) is 58.6. The second kappa shape index (κ2) is 33.6. The Morgan fingerprint density at radius 3 is 1.14 bits per heavy atom. The van der Waals surface area contributed by atoms with Gasteiger partial charge < -0.3 is 45.8 Å². The van der Waals surface area contributed by atoms with Crippen molar-refractivity contribution in [2.45, 2.75) is 105 Å². The molecular formula is C90H83FN24O4. The lowest BCUT2D eigenvalue weighted by Gasteiger charge is -2.25. The van der Waals surface area contributed by atoms with Crippen LogP contribution in [0.2, 0.25) is 0 Å². The van der Waals surface area contributed by atoms with E-state index in [1.54, 1.807) is 45.9 Å². The van der Waals surface area contributed by atoms with Crippen molar-refractivity contribution in [2.75, 3.05) is 21.3 Å². The Bertz CT molecular complexity index is 7200. The molecule has 4 atom stereocenters. The topological polar surface area (TPSA) is 354 Å². The summed E-state index contributed by atoms with van der Waals surface area (Å²) in [6.45, 7) is 17.9. The summed E-state index contributed by atoms with van der Waals surface area (Å²) in [6.07, 6.45) is 13.8. The summed E-state index contributed by atoms with van der Waals surface area (Å²) >= 11 is 0. The fourth-order valence-corrected chi connectivity index (χ4v) is 15.3. The summed E-state index contributed by atoms with van der Waals surface area (Å²) < 4.78 is 21.3. The van der Waals surface area contributed by atoms with E-state index in [9.17, 15) is 23.6 Å². The predicted octanol–water partition coefficient (Wildman–Crippen LogP) is 16.8. The molecule has 12 heterocycles. The van der Waals surface area contributed by atoms with Crippen LogP contribution in [0.25, 0.3) is 105 Å². The van der Waals surface area contributed by atoms with Crippen molar-refractivity contribution in [1.29, 1.82) is 0 Å². The minimum Gasteiger partial charge on any atom is -0.360 e. The van der Waals surface area contributed by atoms with Gasteiger partial charge in [0.15, 0.2) is 45.9 Å². The van der Waals surface area contributed by atoms with Gasteiger partial charge in [0, 0.05) is 51.0 Å². The van der Waals surface area contributed by atoms with Crippen LogP contribution < -0.4 is 43.5 Å². The van der Waals surface area contributed by atoms with E-state index in [0.29, 0.717) is 78.9 Å². The molecule has 7 aromatic carbocycles. The summed E-state index contributed by atoms with van der Waals surface area (Å²) in [5, 5.41) is 20.1. The number of anilines is 4. The third-order valence-electron chi connectivity index (χ3n) is 21.0. The molecule has 29 heteroatoms. The molecular weight excluding hydrogens is 1500 g/mol. The number of nitrogens with one attached hydrogen (secondary N) is 8. The maximum absolute atomic E-state index is 14.3. The Morgan fingerprint density at radius 1 is 0.353 bits per heavy atom. The summed E-state index contributed by atoms with van der Waals surface area (Å²) in [4.78, 5) is 117. The SMILES string of the molecule is CC(Nc1ncnc2nc[nH]c12)c1cc2ccccc2c(=O)n1-c1ccccc1.CCC(Nc1ncnc2nc[nH]c12)c1cc2cccc(C)c2c(=O)n1C(C)C.CCC(Nc1ncnc2nc[nH]c12)c1cc2ccccc2c(=O)n1-c1ccccc1.Cc1cc(F)cc(-n2c(C(C)Nc3ncnc4nc[nH]c34)cc3cccc(C)c3c2=O)c1. The van der Waals surface area contributed by atoms with Gasteiger partial charge in [-0.2, -0.15) is 0 Å². The monoisotopic (exact) mass is 1580 g/mol. The minimum absolute atomic E-state index is 0.0380. The highest BCUT2D eigenvalue weighted by atomic mass is 19.1. The lowest BCUT2D eigenvalue weighted by Crippen LogP contribution is -2.29. The van der Waals surface area contributed by atoms with Gasteiger partial charge >= 0.3 is 0 Å². The van der Waals surface area contributed by atoms with Crippen molar-refractivity contribution >= 4 is 111 Å². The van der Waals surface area contributed by atoms with E-state index in [4.69, 9.17) is 0 Å². The highest BCUT2D eigenvalue weighted by Gasteiger charge is 2.26. The Morgan fingerprint density at radius 2 is 0.714 bits per heavy atom. The zero-order valence-corrected chi connectivity index (χ0v) is 66.5. The summed E-state index contributed by atoms with van der Waals surface area (Å²) in [5.41, 5.74) is 13.1. The second-order valence-corrected chi connectivity index (χ2v) is 29.1. The highest BCUT2D eigenvalue weighted by Crippen LogP contribution is 2.34. The molecule has 0 radical (unpaired) electrons. The quantitative estimate of drug-likeness (QED) is 0.0395. The fraction of sp³-hybridized carbons (Fsp3) is 0.178. The first-order valence-electron chi connectivity index (χ1n) is 39.0. The molecule has 0 aliphatic heterocycles. The summed E-state index contributed by atoms with van der Waals surface area (Å²) in [7, 11) is 0. The highest BCUT2D eigenvalue weighted by molar-refractivity contribution is 5.90. The van der Waals surface area contributed by atoms with E-state index >= 15 is 0 Å². The molecule has 594 valence electrons. The third-order valence-corrected chi connectivity index (χ3v) is 21.0. The molecule has 8 N–H and O–H groups in total. The molecule has 12 aromatic heterocycles. The lowest BCUT2D eigenvalue weighted by atomic mass is 10.0. The lowest BCUT2D eigenvalue weighted by molar-refractivity contribution is 0.528. The van der Waals surface area contributed by atoms with E-state index < -0.39 is 5.82 Å². The number of pyridine rings is 4. The number of nitrogens with zero attached hydrogens (tertiary/aromatic N) is 16. The van der Waals surface area contributed by atoms with Crippen LogP contribution in [0.5, 0.6) is 0 Å². The smallest absolute Gasteiger partial charge is 0.263 e. The maximum Gasteiger partial charge on any atom is 0.263 e. The van der Waals surface area contributed by atoms with E-state index in [-0.39, 0.29) is 52.4 Å². The van der Waals surface area contributed by atoms with Crippen molar-refractivity contribution in [2.24, 2.45) is 0 Å². The van der Waals surface area contributed by atoms with Gasteiger partial charge in [0.25, 0.3) is 22.2 Å². The number of aromatic amines is 4. The zero-order chi connectivity index (χ0) is 82.5. The van der Waals surface area contributed by atoms with Crippen molar-refractivity contribution < 1.29 is 4.39 Å². The number of hydrogen-bond donors (Lipinski definition) is 8. The third kappa shape index (κ3) is 15.6. The van der Waals surface area contributed by atoms with Gasteiger partial charge in [-0.3, -0.25) is 32.9 Å². The standard InChI is InChI=1S/C24H21FN6O.C23H20N6O.C22H18N6O.C21H24N6O/c1-13-7-17(25)10-18(8-13)31-19(9-16-6-4-5-14(2)20(16)24(31)32)15(3)30-23-21-22(27-11-26-21)28-12-29-23;1-2-18(28-22-20-21(25-13-24-20)26-14-27-22)19-12-15-8-6-7-11-17(15)23(30)29(19)16-9-4-3-5-10-16;1-14(27-21-19-20(24-12-23-19)25-13-26-21)18-11-15-7-5-6-10-17(15)22(29)28(18)16-8-3-2-4-9-16;1-5-15(26-20-18-19(23-10-22-18)24-11-25-20)16-9-14-8-6-7-13(4)17(14)21(28)27(16)12(2)3/h4-12,15H,1-3H3,(H2,26,27,28,29,30);3-14,18H,2H2,1H3,(H2,24,25,26,27,28);2-14H,1H3,(H2,23,24,25,26,27);6-12,15H,5H2,1-4H3,(H2,22,23,24,25,26). The molecule has 19 rings (SSSR count). The molecule has 0 fully saturated rings. The Labute approximate surface area is 679 Å². The fourth-order valence-electron chi connectivity index (χ4n) is 15.3. The first-order chi connectivity index (χ1) is 57.9. The number of aromatic nitrogens is 20. The average Bonchev–Trinajstić information content (AvgIpc) is 1.71. The normalized spacial score (nSPS) is 12.4. The molecule has 19 aromatic rings. The van der Waals surface area contributed by atoms with Crippen LogP contribution in [-0.2, 0) is 0 Å². The molecule has 119 heavy (non-hydrogen) atoms. The molecule has 0 aliphatic carbocycles. The molecule has 0 aliphatic rings. The first-order valence-corrected chi connectivity index (χ1v) is 39.0. The van der Waals surface area contributed by atoms with Gasteiger partial charge in [0.05, 0.1) is 65.9 Å². The molecule has 0 spiro atoms. The van der Waals surface area contributed by atoms with Crippen molar-refractivity contribution in [1.82, 2.24) is 98.0 Å². The first kappa shape index (κ1) is 77.6. The number of fused-ring (bicyclic) bond motifs is 8. The van der Waals surface area contributed by atoms with Crippen LogP contribution in [0, 0.1) is 26.6 Å². The van der Waals surface area contributed by atoms with Crippen molar-refractivity contribution in [3.8, 4) is 17.1 Å². The van der Waals surface area contributed by atoms with Crippen molar-refractivity contribution in [3.63, 3.8) is 0 Å². The molecule has 0 amide bonds. The van der Waals surface area contributed by atoms with Crippen LogP contribution in [0.15, 0.2) is 258 Å². The maximum atomic E-state index is 14.3. The average molecular weight is 1580 g/mol. The number of para-hydroxylation sites is 2. The second-order valence-electron chi connectivity index (χ2n) is 29.1. The van der Waals surface area contributed by atoms with E-state index in [2.05, 4.69) is 127 Å². The number of aryl methyl sites for hydroxylation is 3. The van der Waals surface area contributed by atoms with Gasteiger partial charge in [-0.15, -0.1) is 0 Å². The number of halogens is 1. The largest absolute Gasteiger partial charge is 0.360 e. The van der Waals surface area contributed by atoms with Gasteiger partial charge in [-0.25, -0.2) is 64.2 Å². The minimum atomic E-state index is -0.390. The number of imidazole rings is 4. The van der Waals surface area contributed by atoms with E-state index in [1.165, 1.54) is 37.4 Å². The molecule has 0 bridgehead atoms. The van der Waals surface area contributed by atoms with Crippen LogP contribution in [0.1, 0.15) is 124 Å². The van der Waals surface area contributed by atoms with E-state index in [1.807, 2.05) is 210 Å². The van der Waals surface area contributed by atoms with Crippen LogP contribution in [0.3, 0.4) is 0 Å². The van der Waals surface area contributed by atoms with Gasteiger partial charge in [0.2, 0.25) is 0 Å². The van der Waals surface area contributed by atoms with Crippen LogP contribution in [0.4, 0.5) is 27.7 Å². The number of benzene rings is 7. The Hall–Kier alpha value is -15.3. The van der Waals surface area contributed by atoms with Gasteiger partial charge in [0.1, 0.15) is 53.2 Å². The Kier molecular flexibility index (Phi) is 22.0. The Balaban J connectivity index is 0.000000118. The number of H-pyrrole nitrogens is 4. The van der Waals surface area contributed by atoms with Gasteiger partial charge in [-0.1, -0.05) is 123 Å². The summed E-state index contributed by atoms with van der Waals surface area (Å²) in [5.74, 6) is 2.16. The van der Waals surface area contributed by atoms with Crippen molar-refractivity contribution in [3.05, 3.63) is 325 Å². The molecule has 28 nitrogen and oxygen atoms in total. The number of hydrogen-bond acceptors (Lipinski definition) is 20. The van der Waals surface area contributed by atoms with E-state index in [0.717, 1.165) is 101 Å².